The van der Waals surface area contributed by atoms with Crippen molar-refractivity contribution in [3.8, 4) is 0 Å². The molecular weight excluding hydrogens is 368 g/mol. The number of nitrogens with one attached hydrogen (secondary N) is 3. The summed E-state index contributed by atoms with van der Waals surface area (Å²) >= 11 is 11.8. The fraction of sp³-hybridized carbons (Fsp3) is 0.143. The number of halogens is 5. The summed E-state index contributed by atoms with van der Waals surface area (Å²) in [5, 5.41) is 8.18. The van der Waals surface area contributed by atoms with Crippen molar-refractivity contribution in [2.45, 2.75) is 0 Å². The van der Waals surface area contributed by atoms with E-state index < -0.39 is 23.5 Å². The van der Waals surface area contributed by atoms with Crippen LogP contribution in [0, 0.1) is 17.5 Å². The molecule has 2 amide bonds. The van der Waals surface area contributed by atoms with E-state index in [9.17, 15) is 18.0 Å². The lowest BCUT2D eigenvalue weighted by Crippen LogP contribution is -2.32. The van der Waals surface area contributed by atoms with Crippen molar-refractivity contribution in [2.75, 3.05) is 23.7 Å². The first kappa shape index (κ1) is 18.2. The van der Waals surface area contributed by atoms with Gasteiger partial charge in [0.25, 0.3) is 0 Å². The third-order valence-corrected chi connectivity index (χ3v) is 3.38. The molecule has 0 aliphatic heterocycles. The Morgan fingerprint density at radius 3 is 2.21 bits per heavy atom. The Morgan fingerprint density at radius 1 is 1.04 bits per heavy atom. The highest BCUT2D eigenvalue weighted by Crippen LogP contribution is 2.28. The summed E-state index contributed by atoms with van der Waals surface area (Å²) in [6.07, 6.45) is 2.82. The highest BCUT2D eigenvalue weighted by molar-refractivity contribution is 6.38. The van der Waals surface area contributed by atoms with Gasteiger partial charge in [0.1, 0.15) is 0 Å². The molecule has 24 heavy (non-hydrogen) atoms. The maximum absolute atomic E-state index is 13.0. The van der Waals surface area contributed by atoms with Gasteiger partial charge in [-0.2, -0.15) is 0 Å². The monoisotopic (exact) mass is 378 g/mol. The van der Waals surface area contributed by atoms with Crippen LogP contribution < -0.4 is 16.0 Å². The predicted octanol–water partition coefficient (Wildman–Crippen LogP) is 4.04. The molecule has 5 nitrogen and oxygen atoms in total. The normalized spacial score (nSPS) is 10.4. The molecule has 0 spiro atoms. The van der Waals surface area contributed by atoms with Crippen LogP contribution in [0.2, 0.25) is 10.0 Å². The van der Waals surface area contributed by atoms with Gasteiger partial charge in [-0.25, -0.2) is 18.0 Å². The highest BCUT2D eigenvalue weighted by atomic mass is 35.5. The number of hydrogen-bond acceptors (Lipinski definition) is 3. The number of benzene rings is 1. The number of urea groups is 1. The van der Waals surface area contributed by atoms with Crippen LogP contribution >= 0.6 is 23.2 Å². The minimum Gasteiger partial charge on any atom is -0.381 e. The molecule has 0 aliphatic carbocycles. The van der Waals surface area contributed by atoms with E-state index in [1.165, 1.54) is 12.4 Å². The number of aromatic nitrogens is 1. The van der Waals surface area contributed by atoms with Crippen LogP contribution in [-0.4, -0.2) is 24.1 Å². The Labute approximate surface area is 145 Å². The van der Waals surface area contributed by atoms with E-state index in [1.54, 1.807) is 0 Å². The van der Waals surface area contributed by atoms with E-state index in [1.807, 2.05) is 0 Å². The average molecular weight is 379 g/mol. The summed E-state index contributed by atoms with van der Waals surface area (Å²) in [6, 6.07) is 0.633. The Kier molecular flexibility index (Phi) is 6.10. The molecule has 0 atom stereocenters. The molecule has 1 aromatic carbocycles. The van der Waals surface area contributed by atoms with E-state index in [4.69, 9.17) is 23.2 Å². The topological polar surface area (TPSA) is 66.0 Å². The molecule has 2 rings (SSSR count). The summed E-state index contributed by atoms with van der Waals surface area (Å²) in [7, 11) is 0. The first-order valence-corrected chi connectivity index (χ1v) is 7.36. The van der Waals surface area contributed by atoms with Crippen molar-refractivity contribution in [3.05, 3.63) is 52.0 Å². The third-order valence-electron chi connectivity index (χ3n) is 2.81. The summed E-state index contributed by atoms with van der Waals surface area (Å²) in [4.78, 5) is 15.4. The van der Waals surface area contributed by atoms with Crippen LogP contribution in [0.1, 0.15) is 0 Å². The smallest absolute Gasteiger partial charge is 0.319 e. The lowest BCUT2D eigenvalue weighted by molar-refractivity contribution is 0.252. The molecule has 0 radical (unpaired) electrons. The Hall–Kier alpha value is -2.19. The first-order chi connectivity index (χ1) is 11.4. The van der Waals surface area contributed by atoms with Crippen LogP contribution in [0.4, 0.5) is 29.3 Å². The molecular formula is C14H11Cl2F3N4O. The summed E-state index contributed by atoms with van der Waals surface area (Å²) in [6.45, 7) is 0.440. The van der Waals surface area contributed by atoms with Crippen molar-refractivity contribution in [2.24, 2.45) is 0 Å². The number of rotatable bonds is 5. The van der Waals surface area contributed by atoms with E-state index in [0.717, 1.165) is 0 Å². The quantitative estimate of drug-likeness (QED) is 0.543. The molecule has 1 aromatic heterocycles. The first-order valence-electron chi connectivity index (χ1n) is 6.60. The molecule has 10 heteroatoms. The maximum Gasteiger partial charge on any atom is 0.319 e. The van der Waals surface area contributed by atoms with Gasteiger partial charge in [0.05, 0.1) is 15.7 Å². The minimum atomic E-state index is -1.60. The van der Waals surface area contributed by atoms with Gasteiger partial charge >= 0.3 is 6.03 Å². The van der Waals surface area contributed by atoms with Crippen LogP contribution in [-0.2, 0) is 0 Å². The SMILES string of the molecule is O=C(NCCNc1c(Cl)cncc1Cl)Nc1cc(F)c(F)c(F)c1. The lowest BCUT2D eigenvalue weighted by Gasteiger charge is -2.11. The molecule has 0 saturated heterocycles. The van der Waals surface area contributed by atoms with Crippen LogP contribution in [0.25, 0.3) is 0 Å². The standard InChI is InChI=1S/C14H11Cl2F3N4O/c15-8-5-20-6-9(16)13(8)21-1-2-22-14(24)23-7-3-10(17)12(19)11(18)4-7/h3-6H,1-2H2,(H,20,21)(H2,22,23,24). The van der Waals surface area contributed by atoms with Crippen LogP contribution in [0.5, 0.6) is 0 Å². The second kappa shape index (κ2) is 8.07. The number of nitrogens with zero attached hydrogens (tertiary/aromatic N) is 1. The van der Waals surface area contributed by atoms with Crippen LogP contribution in [0.3, 0.4) is 0 Å². The van der Waals surface area contributed by atoms with Crippen molar-refractivity contribution in [3.63, 3.8) is 0 Å². The van der Waals surface area contributed by atoms with E-state index >= 15 is 0 Å². The number of anilines is 2. The van der Waals surface area contributed by atoms with E-state index in [-0.39, 0.29) is 18.8 Å². The van der Waals surface area contributed by atoms with Gasteiger partial charge < -0.3 is 16.0 Å². The van der Waals surface area contributed by atoms with Gasteiger partial charge in [-0.1, -0.05) is 23.2 Å². The van der Waals surface area contributed by atoms with Gasteiger partial charge in [-0.15, -0.1) is 0 Å². The molecule has 0 bridgehead atoms. The van der Waals surface area contributed by atoms with Crippen molar-refractivity contribution >= 4 is 40.6 Å². The number of carbonyl (C=O) groups excluding carboxylic acids is 1. The Bertz CT molecular complexity index is 718. The van der Waals surface area contributed by atoms with E-state index in [0.29, 0.717) is 27.9 Å². The third kappa shape index (κ3) is 4.65. The zero-order valence-corrected chi connectivity index (χ0v) is 13.5. The number of hydrogen-bond donors (Lipinski definition) is 3. The van der Waals surface area contributed by atoms with Gasteiger partial charge in [0, 0.05) is 43.3 Å². The van der Waals surface area contributed by atoms with Gasteiger partial charge in [0.15, 0.2) is 17.5 Å². The Balaban J connectivity index is 1.82. The van der Waals surface area contributed by atoms with Crippen molar-refractivity contribution in [1.82, 2.24) is 10.3 Å². The summed E-state index contributed by atoms with van der Waals surface area (Å²) in [5.41, 5.74) is 0.260. The zero-order chi connectivity index (χ0) is 17.7. The number of amides is 2. The molecule has 0 unspecified atom stereocenters. The molecule has 0 saturated carbocycles. The predicted molar refractivity (Wildman–Crippen MR) is 86.1 cm³/mol. The number of carbonyl (C=O) groups is 1. The molecule has 1 heterocycles. The highest BCUT2D eigenvalue weighted by Gasteiger charge is 2.12. The average Bonchev–Trinajstić information content (AvgIpc) is 2.51. The molecule has 2 aromatic rings. The maximum atomic E-state index is 13.0. The molecule has 3 N–H and O–H groups in total. The fourth-order valence-corrected chi connectivity index (χ4v) is 2.24. The Morgan fingerprint density at radius 2 is 1.62 bits per heavy atom. The van der Waals surface area contributed by atoms with Gasteiger partial charge in [-0.3, -0.25) is 4.98 Å². The minimum absolute atomic E-state index is 0.160. The van der Waals surface area contributed by atoms with Crippen LogP contribution in [0.15, 0.2) is 24.5 Å². The van der Waals surface area contributed by atoms with Gasteiger partial charge in [0.2, 0.25) is 0 Å². The molecule has 0 fully saturated rings. The second-order valence-electron chi connectivity index (χ2n) is 4.54. The van der Waals surface area contributed by atoms with E-state index in [2.05, 4.69) is 20.9 Å². The van der Waals surface area contributed by atoms with Gasteiger partial charge in [-0.05, 0) is 0 Å². The molecule has 0 aliphatic rings. The summed E-state index contributed by atoms with van der Waals surface area (Å²) in [5.74, 6) is -4.39. The lowest BCUT2D eigenvalue weighted by atomic mass is 10.3. The number of pyridine rings is 1. The fourth-order valence-electron chi connectivity index (χ4n) is 1.75. The molecule has 128 valence electrons. The van der Waals surface area contributed by atoms with Crippen molar-refractivity contribution < 1.29 is 18.0 Å². The van der Waals surface area contributed by atoms with Crippen molar-refractivity contribution in [1.29, 1.82) is 0 Å². The largest absolute Gasteiger partial charge is 0.381 e. The zero-order valence-electron chi connectivity index (χ0n) is 12.0. The summed E-state index contributed by atoms with van der Waals surface area (Å²) < 4.78 is 38.9. The second-order valence-corrected chi connectivity index (χ2v) is 5.35.